The molecule has 3 aliphatic rings. The molecule has 1 fully saturated rings. The van der Waals surface area contributed by atoms with Gasteiger partial charge in [0.1, 0.15) is 0 Å². The fourth-order valence-electron chi connectivity index (χ4n) is 5.60. The highest BCUT2D eigenvalue weighted by atomic mass is 19.4. The number of alkyl halides is 3. The van der Waals surface area contributed by atoms with Crippen molar-refractivity contribution in [2.45, 2.75) is 44.4 Å². The summed E-state index contributed by atoms with van der Waals surface area (Å²) < 4.78 is 42.0. The lowest BCUT2D eigenvalue weighted by molar-refractivity contribution is -0.141. The molecule has 0 radical (unpaired) electrons. The fourth-order valence-corrected chi connectivity index (χ4v) is 5.60. The summed E-state index contributed by atoms with van der Waals surface area (Å²) in [6, 6.07) is 11.5. The van der Waals surface area contributed by atoms with Crippen LogP contribution in [0, 0.1) is 17.3 Å². The third-order valence-corrected chi connectivity index (χ3v) is 7.98. The van der Waals surface area contributed by atoms with Crippen LogP contribution in [0.3, 0.4) is 0 Å². The van der Waals surface area contributed by atoms with E-state index in [-0.39, 0.29) is 17.2 Å². The number of primary amides is 1. The van der Waals surface area contributed by atoms with Gasteiger partial charge in [-0.15, -0.1) is 0 Å². The number of amides is 3. The Labute approximate surface area is 224 Å². The van der Waals surface area contributed by atoms with E-state index in [0.717, 1.165) is 18.9 Å². The monoisotopic (exact) mass is 538 g/mol. The summed E-state index contributed by atoms with van der Waals surface area (Å²) in [5.74, 6) is -2.30. The minimum Gasteiger partial charge on any atom is -0.369 e. The van der Waals surface area contributed by atoms with Gasteiger partial charge in [-0.3, -0.25) is 14.4 Å². The van der Waals surface area contributed by atoms with Gasteiger partial charge in [0.25, 0.3) is 5.91 Å². The first-order valence-electron chi connectivity index (χ1n) is 12.9. The molecule has 1 aliphatic heterocycles. The van der Waals surface area contributed by atoms with Crippen LogP contribution in [0.4, 0.5) is 18.9 Å². The van der Waals surface area contributed by atoms with E-state index < -0.39 is 47.0 Å². The van der Waals surface area contributed by atoms with Gasteiger partial charge in [-0.25, -0.2) is 4.99 Å². The molecule has 10 heteroatoms. The number of aliphatic imine (C=N–C) groups is 1. The standard InChI is InChI=1S/C29H29F3N4O3/c1-36-22-11-5-3-9-19(22)23(18-8-2-4-10-20(18)29(30,31)32)34-24(26(36)38)35-25(37)21(16-17-12-13-17)28(27(33)39)14-6-7-15-28/h2-11,17,21,24H,12-16H2,1H3,(H2,33,39)(H,35,37). The number of anilines is 1. The Morgan fingerprint density at radius 2 is 1.69 bits per heavy atom. The molecule has 0 aromatic heterocycles. The van der Waals surface area contributed by atoms with Crippen LogP contribution in [0.25, 0.3) is 0 Å². The van der Waals surface area contributed by atoms with Crippen LogP contribution in [0.15, 0.2) is 65.7 Å². The zero-order chi connectivity index (χ0) is 27.9. The number of benzodiazepines with no additional fused rings is 1. The van der Waals surface area contributed by atoms with E-state index in [1.807, 2.05) is 12.2 Å². The molecule has 3 amide bonds. The van der Waals surface area contributed by atoms with Gasteiger partial charge >= 0.3 is 6.18 Å². The summed E-state index contributed by atoms with van der Waals surface area (Å²) in [5.41, 5.74) is 4.21. The van der Waals surface area contributed by atoms with Crippen molar-refractivity contribution in [1.29, 1.82) is 0 Å². The summed E-state index contributed by atoms with van der Waals surface area (Å²) in [5, 5.41) is 2.69. The van der Waals surface area contributed by atoms with E-state index in [1.54, 1.807) is 24.3 Å². The number of para-hydroxylation sites is 1. The van der Waals surface area contributed by atoms with Crippen molar-refractivity contribution in [3.63, 3.8) is 0 Å². The number of nitrogens with one attached hydrogen (secondary N) is 1. The topological polar surface area (TPSA) is 105 Å². The van der Waals surface area contributed by atoms with Crippen molar-refractivity contribution in [2.75, 3.05) is 11.9 Å². The Morgan fingerprint density at radius 3 is 2.31 bits per heavy atom. The number of likely N-dealkylation sites (N-methyl/N-ethyl adjacent to an activating group) is 1. The number of hydrogen-bond acceptors (Lipinski definition) is 4. The molecule has 2 aromatic carbocycles. The minimum atomic E-state index is -4.67. The van der Waals surface area contributed by atoms with Crippen molar-refractivity contribution in [3.05, 3.63) is 77.4 Å². The van der Waals surface area contributed by atoms with Gasteiger partial charge in [-0.1, -0.05) is 61.4 Å². The molecule has 1 heterocycles. The summed E-state index contributed by atoms with van der Waals surface area (Å²) in [6.07, 6.45) is 0.384. The van der Waals surface area contributed by atoms with E-state index in [9.17, 15) is 27.6 Å². The highest BCUT2D eigenvalue weighted by Gasteiger charge is 2.50. The smallest absolute Gasteiger partial charge is 0.369 e. The molecule has 2 atom stereocenters. The van der Waals surface area contributed by atoms with E-state index in [4.69, 9.17) is 5.73 Å². The van der Waals surface area contributed by atoms with Crippen LogP contribution in [-0.4, -0.2) is 36.6 Å². The van der Waals surface area contributed by atoms with E-state index in [1.165, 1.54) is 30.1 Å². The highest BCUT2D eigenvalue weighted by Crippen LogP contribution is 2.47. The first-order chi connectivity index (χ1) is 18.5. The number of nitrogens with zero attached hydrogens (tertiary/aromatic N) is 2. The van der Waals surface area contributed by atoms with Crippen LogP contribution in [0.1, 0.15) is 48.8 Å². The predicted octanol–water partition coefficient (Wildman–Crippen LogP) is 4.20. The fraction of sp³-hybridized carbons (Fsp3) is 0.379. The van der Waals surface area contributed by atoms with Crippen molar-refractivity contribution in [1.82, 2.24) is 5.32 Å². The molecular weight excluding hydrogens is 509 g/mol. The van der Waals surface area contributed by atoms with Gasteiger partial charge in [-0.2, -0.15) is 13.2 Å². The van der Waals surface area contributed by atoms with E-state index in [0.29, 0.717) is 30.5 Å². The Hall–Kier alpha value is -3.95. The van der Waals surface area contributed by atoms with E-state index >= 15 is 0 Å². The number of rotatable bonds is 7. The van der Waals surface area contributed by atoms with Crippen molar-refractivity contribution in [2.24, 2.45) is 28.0 Å². The molecule has 0 spiro atoms. The lowest BCUT2D eigenvalue weighted by atomic mass is 9.70. The van der Waals surface area contributed by atoms with Gasteiger partial charge in [0.15, 0.2) is 0 Å². The van der Waals surface area contributed by atoms with Crippen molar-refractivity contribution >= 4 is 29.1 Å². The number of fused-ring (bicyclic) bond motifs is 1. The second kappa shape index (κ2) is 9.98. The molecule has 3 N–H and O–H groups in total. The van der Waals surface area contributed by atoms with Crippen LogP contribution in [0.2, 0.25) is 0 Å². The normalized spacial score (nSPS) is 21.1. The zero-order valence-corrected chi connectivity index (χ0v) is 21.4. The largest absolute Gasteiger partial charge is 0.417 e. The number of hydrogen-bond donors (Lipinski definition) is 2. The molecule has 39 heavy (non-hydrogen) atoms. The molecule has 1 saturated carbocycles. The lowest BCUT2D eigenvalue weighted by Gasteiger charge is -2.34. The summed E-state index contributed by atoms with van der Waals surface area (Å²) in [6.45, 7) is 0. The maximum atomic E-state index is 14.0. The number of benzene rings is 2. The number of carbonyl (C=O) groups is 3. The van der Waals surface area contributed by atoms with Crippen molar-refractivity contribution in [3.8, 4) is 0 Å². The zero-order valence-electron chi connectivity index (χ0n) is 21.4. The molecule has 2 aliphatic carbocycles. The second-order valence-corrected chi connectivity index (χ2v) is 10.5. The van der Waals surface area contributed by atoms with Crippen LogP contribution >= 0.6 is 0 Å². The first-order valence-corrected chi connectivity index (χ1v) is 12.9. The molecule has 2 aromatic rings. The van der Waals surface area contributed by atoms with Gasteiger partial charge in [0, 0.05) is 18.2 Å². The summed E-state index contributed by atoms with van der Waals surface area (Å²) >= 11 is 0. The Morgan fingerprint density at radius 1 is 1.08 bits per heavy atom. The third kappa shape index (κ3) is 4.95. The maximum Gasteiger partial charge on any atom is 0.417 e. The first kappa shape index (κ1) is 26.6. The Kier molecular flexibility index (Phi) is 6.82. The predicted molar refractivity (Wildman–Crippen MR) is 140 cm³/mol. The van der Waals surface area contributed by atoms with Gasteiger partial charge in [-0.05, 0) is 37.3 Å². The minimum absolute atomic E-state index is 0.0626. The van der Waals surface area contributed by atoms with Gasteiger partial charge in [0.2, 0.25) is 18.0 Å². The van der Waals surface area contributed by atoms with Gasteiger partial charge in [0.05, 0.1) is 28.3 Å². The van der Waals surface area contributed by atoms with E-state index in [2.05, 4.69) is 10.3 Å². The van der Waals surface area contributed by atoms with Crippen LogP contribution < -0.4 is 16.0 Å². The van der Waals surface area contributed by atoms with Crippen LogP contribution in [-0.2, 0) is 20.6 Å². The Balaban J connectivity index is 1.58. The number of halogens is 3. The Bertz CT molecular complexity index is 1370. The molecule has 7 nitrogen and oxygen atoms in total. The summed E-state index contributed by atoms with van der Waals surface area (Å²) in [4.78, 5) is 45.8. The number of allylic oxidation sites excluding steroid dienone is 2. The second-order valence-electron chi connectivity index (χ2n) is 10.5. The molecule has 2 unspecified atom stereocenters. The molecule has 204 valence electrons. The average molecular weight is 539 g/mol. The average Bonchev–Trinajstić information content (AvgIpc) is 3.62. The maximum absolute atomic E-state index is 14.0. The quantitative estimate of drug-likeness (QED) is 0.517. The lowest BCUT2D eigenvalue weighted by Crippen LogP contribution is -2.53. The number of nitrogens with two attached hydrogens (primary N) is 1. The van der Waals surface area contributed by atoms with Crippen LogP contribution in [0.5, 0.6) is 0 Å². The molecule has 0 saturated heterocycles. The molecular formula is C29H29F3N4O3. The highest BCUT2D eigenvalue weighted by molar-refractivity contribution is 6.20. The number of carbonyl (C=O) groups excluding carboxylic acids is 3. The molecule has 0 bridgehead atoms. The third-order valence-electron chi connectivity index (χ3n) is 7.98. The van der Waals surface area contributed by atoms with Crippen molar-refractivity contribution < 1.29 is 27.6 Å². The SMILES string of the molecule is CN1C(=O)C(NC(=O)C(CC2CC2)C2(C(N)=O)CC=CC2)N=C(c2ccccc2C(F)(F)F)c2ccccc21. The van der Waals surface area contributed by atoms with Gasteiger partial charge < -0.3 is 16.0 Å². The summed E-state index contributed by atoms with van der Waals surface area (Å²) in [7, 11) is 1.49. The molecule has 5 rings (SSSR count).